The molecule has 2 rings (SSSR count). The van der Waals surface area contributed by atoms with Crippen molar-refractivity contribution >= 4 is 6.03 Å². The van der Waals surface area contributed by atoms with Crippen molar-refractivity contribution in [1.82, 2.24) is 15.5 Å². The van der Waals surface area contributed by atoms with Crippen LogP contribution in [-0.2, 0) is 6.54 Å². The fourth-order valence-corrected chi connectivity index (χ4v) is 3.24. The van der Waals surface area contributed by atoms with Crippen LogP contribution in [0.25, 0.3) is 0 Å². The molecule has 0 saturated carbocycles. The van der Waals surface area contributed by atoms with Gasteiger partial charge in [-0.2, -0.15) is 0 Å². The van der Waals surface area contributed by atoms with Crippen molar-refractivity contribution in [3.05, 3.63) is 35.9 Å². The summed E-state index contributed by atoms with van der Waals surface area (Å²) in [4.78, 5) is 14.6. The molecule has 1 aromatic rings. The molecule has 0 aliphatic carbocycles. The number of amides is 2. The molecule has 0 aromatic heterocycles. The van der Waals surface area contributed by atoms with E-state index in [9.17, 15) is 4.79 Å². The van der Waals surface area contributed by atoms with E-state index < -0.39 is 0 Å². The average Bonchev–Trinajstić information content (AvgIpc) is 2.58. The Kier molecular flexibility index (Phi) is 7.40. The topological polar surface area (TPSA) is 44.4 Å². The van der Waals surface area contributed by atoms with Crippen molar-refractivity contribution < 1.29 is 4.79 Å². The predicted octanol–water partition coefficient (Wildman–Crippen LogP) is 3.39. The third kappa shape index (κ3) is 6.61. The van der Waals surface area contributed by atoms with Gasteiger partial charge in [-0.05, 0) is 43.8 Å². The van der Waals surface area contributed by atoms with Gasteiger partial charge in [-0.3, -0.25) is 4.90 Å². The summed E-state index contributed by atoms with van der Waals surface area (Å²) in [6.45, 7) is 8.16. The molecule has 1 atom stereocenters. The quantitative estimate of drug-likeness (QED) is 0.809. The van der Waals surface area contributed by atoms with Crippen LogP contribution < -0.4 is 10.6 Å². The number of piperidine rings is 1. The number of carbonyl (C=O) groups is 1. The molecule has 1 unspecified atom stereocenters. The van der Waals surface area contributed by atoms with Gasteiger partial charge in [0.05, 0.1) is 0 Å². The summed E-state index contributed by atoms with van der Waals surface area (Å²) in [6, 6.07) is 10.4. The minimum absolute atomic E-state index is 0.0698. The first-order chi connectivity index (χ1) is 11.1. The van der Waals surface area contributed by atoms with Crippen LogP contribution in [-0.4, -0.2) is 36.6 Å². The van der Waals surface area contributed by atoms with Gasteiger partial charge in [0, 0.05) is 19.1 Å². The molecule has 0 radical (unpaired) electrons. The van der Waals surface area contributed by atoms with E-state index >= 15 is 0 Å². The Balaban J connectivity index is 1.76. The van der Waals surface area contributed by atoms with Gasteiger partial charge >= 0.3 is 6.03 Å². The Morgan fingerprint density at radius 3 is 2.43 bits per heavy atom. The Labute approximate surface area is 140 Å². The molecule has 128 valence electrons. The molecule has 1 aliphatic rings. The van der Waals surface area contributed by atoms with E-state index in [-0.39, 0.29) is 6.03 Å². The van der Waals surface area contributed by atoms with Gasteiger partial charge in [0.25, 0.3) is 0 Å². The molecule has 23 heavy (non-hydrogen) atoms. The highest BCUT2D eigenvalue weighted by Gasteiger charge is 2.21. The van der Waals surface area contributed by atoms with Crippen molar-refractivity contribution in [3.8, 4) is 0 Å². The lowest BCUT2D eigenvalue weighted by Crippen LogP contribution is -2.48. The second kappa shape index (κ2) is 9.56. The van der Waals surface area contributed by atoms with Gasteiger partial charge in [-0.25, -0.2) is 4.79 Å². The van der Waals surface area contributed by atoms with Crippen molar-refractivity contribution in [2.75, 3.05) is 19.6 Å². The molecule has 4 heteroatoms. The molecule has 0 bridgehead atoms. The Bertz CT molecular complexity index is 455. The summed E-state index contributed by atoms with van der Waals surface area (Å²) in [5.74, 6) is 0.649. The van der Waals surface area contributed by atoms with E-state index in [0.717, 1.165) is 18.5 Å². The summed E-state index contributed by atoms with van der Waals surface area (Å²) in [6.07, 6.45) is 5.05. The SMILES string of the molecule is CC(C)CC(CNC(=O)NCc1ccccc1)N1CCCCC1. The maximum absolute atomic E-state index is 12.0. The van der Waals surface area contributed by atoms with Crippen LogP contribution in [0.15, 0.2) is 30.3 Å². The molecule has 4 nitrogen and oxygen atoms in total. The third-order valence-corrected chi connectivity index (χ3v) is 4.44. The Morgan fingerprint density at radius 2 is 1.78 bits per heavy atom. The fourth-order valence-electron chi connectivity index (χ4n) is 3.24. The van der Waals surface area contributed by atoms with Gasteiger partial charge in [0.15, 0.2) is 0 Å². The molecule has 2 amide bonds. The summed E-state index contributed by atoms with van der Waals surface area (Å²) in [5, 5.41) is 6.01. The number of carbonyl (C=O) groups excluding carboxylic acids is 1. The molecule has 1 saturated heterocycles. The predicted molar refractivity (Wildman–Crippen MR) is 95.3 cm³/mol. The molecular formula is C19H31N3O. The first kappa shape index (κ1) is 17.8. The fraction of sp³-hybridized carbons (Fsp3) is 0.632. The first-order valence-electron chi connectivity index (χ1n) is 8.95. The Morgan fingerprint density at radius 1 is 1.09 bits per heavy atom. The number of nitrogens with one attached hydrogen (secondary N) is 2. The highest BCUT2D eigenvalue weighted by Crippen LogP contribution is 2.17. The van der Waals surface area contributed by atoms with Crippen molar-refractivity contribution in [2.24, 2.45) is 5.92 Å². The summed E-state index contributed by atoms with van der Waals surface area (Å²) in [7, 11) is 0. The monoisotopic (exact) mass is 317 g/mol. The maximum atomic E-state index is 12.0. The number of likely N-dealkylation sites (tertiary alicyclic amines) is 1. The lowest BCUT2D eigenvalue weighted by molar-refractivity contribution is 0.142. The maximum Gasteiger partial charge on any atom is 0.315 e. The largest absolute Gasteiger partial charge is 0.337 e. The van der Waals surface area contributed by atoms with E-state index in [4.69, 9.17) is 0 Å². The zero-order valence-electron chi connectivity index (χ0n) is 14.6. The van der Waals surface area contributed by atoms with Gasteiger partial charge < -0.3 is 10.6 Å². The third-order valence-electron chi connectivity index (χ3n) is 4.44. The van der Waals surface area contributed by atoms with E-state index in [1.54, 1.807) is 0 Å². The standard InChI is InChI=1S/C19H31N3O/c1-16(2)13-18(22-11-7-4-8-12-22)15-21-19(23)20-14-17-9-5-3-6-10-17/h3,5-6,9-10,16,18H,4,7-8,11-15H2,1-2H3,(H2,20,21,23). The summed E-state index contributed by atoms with van der Waals surface area (Å²) in [5.41, 5.74) is 1.12. The molecular weight excluding hydrogens is 286 g/mol. The van der Waals surface area contributed by atoms with E-state index in [1.165, 1.54) is 32.4 Å². The number of rotatable bonds is 7. The molecule has 0 spiro atoms. The van der Waals surface area contributed by atoms with Crippen LogP contribution in [0.2, 0.25) is 0 Å². The van der Waals surface area contributed by atoms with Crippen molar-refractivity contribution in [3.63, 3.8) is 0 Å². The molecule has 1 aromatic carbocycles. The van der Waals surface area contributed by atoms with Gasteiger partial charge in [-0.1, -0.05) is 50.6 Å². The highest BCUT2D eigenvalue weighted by molar-refractivity contribution is 5.73. The van der Waals surface area contributed by atoms with Crippen LogP contribution in [0.3, 0.4) is 0 Å². The smallest absolute Gasteiger partial charge is 0.315 e. The molecule has 1 aliphatic heterocycles. The number of nitrogens with zero attached hydrogens (tertiary/aromatic N) is 1. The summed E-state index contributed by atoms with van der Waals surface area (Å²) >= 11 is 0. The zero-order valence-corrected chi connectivity index (χ0v) is 14.6. The summed E-state index contributed by atoms with van der Waals surface area (Å²) < 4.78 is 0. The zero-order chi connectivity index (χ0) is 16.5. The second-order valence-corrected chi connectivity index (χ2v) is 6.93. The van der Waals surface area contributed by atoms with E-state index in [1.807, 2.05) is 30.3 Å². The van der Waals surface area contributed by atoms with Crippen LogP contribution in [0.5, 0.6) is 0 Å². The number of hydrogen-bond donors (Lipinski definition) is 2. The number of benzene rings is 1. The van der Waals surface area contributed by atoms with Gasteiger partial charge in [-0.15, -0.1) is 0 Å². The second-order valence-electron chi connectivity index (χ2n) is 6.93. The highest BCUT2D eigenvalue weighted by atomic mass is 16.2. The first-order valence-corrected chi connectivity index (χ1v) is 8.95. The van der Waals surface area contributed by atoms with Crippen LogP contribution in [0.4, 0.5) is 4.79 Å². The minimum atomic E-state index is -0.0698. The van der Waals surface area contributed by atoms with Gasteiger partial charge in [0.1, 0.15) is 0 Å². The van der Waals surface area contributed by atoms with Crippen LogP contribution >= 0.6 is 0 Å². The molecule has 1 heterocycles. The lowest BCUT2D eigenvalue weighted by Gasteiger charge is -2.35. The molecule has 1 fully saturated rings. The van der Waals surface area contributed by atoms with E-state index in [2.05, 4.69) is 29.4 Å². The minimum Gasteiger partial charge on any atom is -0.337 e. The number of hydrogen-bond acceptors (Lipinski definition) is 2. The number of urea groups is 1. The van der Waals surface area contributed by atoms with Crippen molar-refractivity contribution in [2.45, 2.75) is 52.1 Å². The van der Waals surface area contributed by atoms with Crippen LogP contribution in [0.1, 0.15) is 45.1 Å². The lowest BCUT2D eigenvalue weighted by atomic mass is 9.99. The van der Waals surface area contributed by atoms with Crippen molar-refractivity contribution in [1.29, 1.82) is 0 Å². The van der Waals surface area contributed by atoms with Gasteiger partial charge in [0.2, 0.25) is 0 Å². The average molecular weight is 317 g/mol. The molecule has 2 N–H and O–H groups in total. The normalized spacial score (nSPS) is 17.0. The van der Waals surface area contributed by atoms with Crippen LogP contribution in [0, 0.1) is 5.92 Å². The Hall–Kier alpha value is -1.55. The van der Waals surface area contributed by atoms with E-state index in [0.29, 0.717) is 18.5 Å².